The summed E-state index contributed by atoms with van der Waals surface area (Å²) in [5.41, 5.74) is 2.40. The molecular formula is C18H12N4S. The van der Waals surface area contributed by atoms with Crippen LogP contribution in [0.1, 0.15) is 0 Å². The number of nitrogens with zero attached hydrogens (tertiary/aromatic N) is 3. The Hall–Kier alpha value is -3.20. The fraction of sp³-hybridized carbons (Fsp3) is 0.0556. The third-order valence-corrected chi connectivity index (χ3v) is 3.88. The van der Waals surface area contributed by atoms with Gasteiger partial charge in [0.25, 0.3) is 0 Å². The van der Waals surface area contributed by atoms with Gasteiger partial charge in [-0.1, -0.05) is 24.3 Å². The van der Waals surface area contributed by atoms with Gasteiger partial charge < -0.3 is 5.32 Å². The van der Waals surface area contributed by atoms with E-state index in [4.69, 9.17) is 15.8 Å². The molecule has 0 aliphatic heterocycles. The lowest BCUT2D eigenvalue weighted by Crippen LogP contribution is -2.00. The highest BCUT2D eigenvalue weighted by molar-refractivity contribution is 7.98. The van der Waals surface area contributed by atoms with Crippen LogP contribution in [-0.4, -0.2) is 6.26 Å². The Labute approximate surface area is 139 Å². The fourth-order valence-electron chi connectivity index (χ4n) is 1.99. The maximum atomic E-state index is 9.09. The van der Waals surface area contributed by atoms with Crippen molar-refractivity contribution in [2.24, 2.45) is 0 Å². The average molecular weight is 316 g/mol. The summed E-state index contributed by atoms with van der Waals surface area (Å²) in [5, 5.41) is 29.6. The zero-order valence-electron chi connectivity index (χ0n) is 12.4. The lowest BCUT2D eigenvalue weighted by atomic mass is 10.1. The van der Waals surface area contributed by atoms with Crippen LogP contribution in [0.15, 0.2) is 64.7 Å². The van der Waals surface area contributed by atoms with Gasteiger partial charge in [-0.2, -0.15) is 15.8 Å². The summed E-state index contributed by atoms with van der Waals surface area (Å²) in [5.74, 6) is 0. The molecule has 0 saturated heterocycles. The summed E-state index contributed by atoms with van der Waals surface area (Å²) < 4.78 is 0. The highest BCUT2D eigenvalue weighted by atomic mass is 32.2. The summed E-state index contributed by atoms with van der Waals surface area (Å²) in [7, 11) is 0. The molecule has 0 bridgehead atoms. The van der Waals surface area contributed by atoms with E-state index in [2.05, 4.69) is 5.32 Å². The molecular weight excluding hydrogens is 304 g/mol. The second-order valence-corrected chi connectivity index (χ2v) is 5.40. The van der Waals surface area contributed by atoms with Crippen molar-refractivity contribution in [3.63, 3.8) is 0 Å². The van der Waals surface area contributed by atoms with E-state index >= 15 is 0 Å². The van der Waals surface area contributed by atoms with Gasteiger partial charge in [-0.3, -0.25) is 0 Å². The summed E-state index contributed by atoms with van der Waals surface area (Å²) >= 11 is 1.68. The minimum atomic E-state index is -0.234. The van der Waals surface area contributed by atoms with Crippen LogP contribution < -0.4 is 5.32 Å². The first-order valence-electron chi connectivity index (χ1n) is 6.68. The Morgan fingerprint density at radius 3 is 2.17 bits per heavy atom. The van der Waals surface area contributed by atoms with E-state index in [0.717, 1.165) is 11.1 Å². The van der Waals surface area contributed by atoms with E-state index in [1.54, 1.807) is 30.0 Å². The quantitative estimate of drug-likeness (QED) is 0.671. The van der Waals surface area contributed by atoms with Gasteiger partial charge in [0.05, 0.1) is 0 Å². The third-order valence-electron chi connectivity index (χ3n) is 3.14. The maximum absolute atomic E-state index is 9.09. The topological polar surface area (TPSA) is 83.4 Å². The Kier molecular flexibility index (Phi) is 5.42. The molecule has 2 rings (SSSR count). The summed E-state index contributed by atoms with van der Waals surface area (Å²) in [6.45, 7) is 0. The SMILES string of the molecule is CSc1ccc(-c2cccc(NC(C#N)=C(C#N)C#N)c2)cc1. The van der Waals surface area contributed by atoms with Gasteiger partial charge >= 0.3 is 0 Å². The number of nitrogens with one attached hydrogen (secondary N) is 1. The summed E-state index contributed by atoms with van der Waals surface area (Å²) in [6, 6.07) is 20.9. The predicted octanol–water partition coefficient (Wildman–Crippen LogP) is 4.31. The standard InChI is InChI=1S/C18H12N4S/c1-23-17-7-5-13(6-8-17)14-3-2-4-16(9-14)22-18(12-21)15(10-19)11-20/h2-9,22H,1H3. The highest BCUT2D eigenvalue weighted by Crippen LogP contribution is 2.25. The number of hydrogen-bond donors (Lipinski definition) is 1. The van der Waals surface area contributed by atoms with Crippen molar-refractivity contribution in [3.05, 3.63) is 59.8 Å². The number of hydrogen-bond acceptors (Lipinski definition) is 5. The molecule has 0 aliphatic rings. The van der Waals surface area contributed by atoms with Crippen LogP contribution in [0.5, 0.6) is 0 Å². The van der Waals surface area contributed by atoms with Crippen LogP contribution >= 0.6 is 11.8 Å². The van der Waals surface area contributed by atoms with Crippen LogP contribution in [-0.2, 0) is 0 Å². The van der Waals surface area contributed by atoms with Crippen molar-refractivity contribution in [3.8, 4) is 29.3 Å². The van der Waals surface area contributed by atoms with Gasteiger partial charge in [-0.05, 0) is 41.6 Å². The Morgan fingerprint density at radius 1 is 0.913 bits per heavy atom. The third kappa shape index (κ3) is 3.92. The molecule has 0 heterocycles. The van der Waals surface area contributed by atoms with Crippen molar-refractivity contribution in [1.29, 1.82) is 15.8 Å². The number of rotatable bonds is 4. The van der Waals surface area contributed by atoms with Gasteiger partial charge in [0, 0.05) is 10.6 Å². The normalized spacial score (nSPS) is 9.13. The molecule has 0 atom stereocenters. The monoisotopic (exact) mass is 316 g/mol. The highest BCUT2D eigenvalue weighted by Gasteiger charge is 2.07. The average Bonchev–Trinajstić information content (AvgIpc) is 2.62. The molecule has 1 N–H and O–H groups in total. The Balaban J connectivity index is 2.34. The van der Waals surface area contributed by atoms with Crippen LogP contribution in [0.2, 0.25) is 0 Å². The minimum Gasteiger partial charge on any atom is -0.345 e. The van der Waals surface area contributed by atoms with Crippen molar-refractivity contribution >= 4 is 17.4 Å². The van der Waals surface area contributed by atoms with Gasteiger partial charge in [0.1, 0.15) is 23.9 Å². The van der Waals surface area contributed by atoms with Crippen LogP contribution in [0.3, 0.4) is 0 Å². The van der Waals surface area contributed by atoms with Crippen LogP contribution in [0.25, 0.3) is 11.1 Å². The minimum absolute atomic E-state index is 0.0510. The van der Waals surface area contributed by atoms with E-state index in [0.29, 0.717) is 5.69 Å². The molecule has 2 aromatic rings. The molecule has 0 saturated carbocycles. The van der Waals surface area contributed by atoms with E-state index in [1.165, 1.54) is 4.90 Å². The molecule has 110 valence electrons. The molecule has 0 spiro atoms. The lowest BCUT2D eigenvalue weighted by Gasteiger charge is -2.08. The lowest BCUT2D eigenvalue weighted by molar-refractivity contribution is 1.37. The Morgan fingerprint density at radius 2 is 1.61 bits per heavy atom. The fourth-order valence-corrected chi connectivity index (χ4v) is 2.40. The largest absolute Gasteiger partial charge is 0.345 e. The Bertz CT molecular complexity index is 846. The van der Waals surface area contributed by atoms with Gasteiger partial charge in [0.15, 0.2) is 5.57 Å². The summed E-state index contributed by atoms with van der Waals surface area (Å²) in [6.07, 6.45) is 2.03. The predicted molar refractivity (Wildman–Crippen MR) is 91.1 cm³/mol. The molecule has 4 nitrogen and oxygen atoms in total. The molecule has 0 fully saturated rings. The molecule has 0 aliphatic carbocycles. The summed E-state index contributed by atoms with van der Waals surface area (Å²) in [4.78, 5) is 1.19. The number of nitriles is 3. The first-order chi connectivity index (χ1) is 11.2. The van der Waals surface area contributed by atoms with E-state index < -0.39 is 0 Å². The van der Waals surface area contributed by atoms with Crippen molar-refractivity contribution in [1.82, 2.24) is 0 Å². The molecule has 0 unspecified atom stereocenters. The molecule has 23 heavy (non-hydrogen) atoms. The zero-order valence-corrected chi connectivity index (χ0v) is 13.2. The zero-order chi connectivity index (χ0) is 16.7. The first-order valence-corrected chi connectivity index (χ1v) is 7.90. The molecule has 0 aromatic heterocycles. The molecule has 5 heteroatoms. The second-order valence-electron chi connectivity index (χ2n) is 4.52. The number of benzene rings is 2. The molecule has 0 radical (unpaired) electrons. The van der Waals surface area contributed by atoms with Gasteiger partial charge in [0.2, 0.25) is 0 Å². The van der Waals surface area contributed by atoms with E-state index in [9.17, 15) is 0 Å². The van der Waals surface area contributed by atoms with Gasteiger partial charge in [-0.25, -0.2) is 0 Å². The van der Waals surface area contributed by atoms with Crippen molar-refractivity contribution < 1.29 is 0 Å². The molecule has 0 amide bonds. The van der Waals surface area contributed by atoms with E-state index in [1.807, 2.05) is 54.8 Å². The van der Waals surface area contributed by atoms with Crippen molar-refractivity contribution in [2.75, 3.05) is 11.6 Å². The number of allylic oxidation sites excluding steroid dienone is 2. The smallest absolute Gasteiger partial charge is 0.163 e. The van der Waals surface area contributed by atoms with E-state index in [-0.39, 0.29) is 11.3 Å². The van der Waals surface area contributed by atoms with Gasteiger partial charge in [-0.15, -0.1) is 11.8 Å². The maximum Gasteiger partial charge on any atom is 0.163 e. The second kappa shape index (κ2) is 7.71. The number of thioether (sulfide) groups is 1. The van der Waals surface area contributed by atoms with Crippen LogP contribution in [0, 0.1) is 34.0 Å². The number of anilines is 1. The van der Waals surface area contributed by atoms with Crippen molar-refractivity contribution in [2.45, 2.75) is 4.90 Å². The molecule has 2 aromatic carbocycles. The first kappa shape index (κ1) is 16.2. The van der Waals surface area contributed by atoms with Crippen LogP contribution in [0.4, 0.5) is 5.69 Å².